The van der Waals surface area contributed by atoms with Crippen molar-refractivity contribution in [3.63, 3.8) is 0 Å². The molecule has 2 aromatic carbocycles. The first-order valence-electron chi connectivity index (χ1n) is 10.0. The van der Waals surface area contributed by atoms with Crippen LogP contribution in [0.4, 0.5) is 0 Å². The van der Waals surface area contributed by atoms with Crippen LogP contribution in [0, 0.1) is 5.41 Å². The summed E-state index contributed by atoms with van der Waals surface area (Å²) in [5.41, 5.74) is 1.30. The number of ether oxygens (including phenoxy) is 2. The molecule has 12 heteroatoms. The number of amides is 1. The number of hydrogen-bond acceptors (Lipinski definition) is 8. The lowest BCUT2D eigenvalue weighted by Gasteiger charge is -2.24. The van der Waals surface area contributed by atoms with Gasteiger partial charge in [-0.15, -0.1) is 0 Å². The van der Waals surface area contributed by atoms with Crippen LogP contribution in [0.25, 0.3) is 6.08 Å². The highest BCUT2D eigenvalue weighted by Gasteiger charge is 2.41. The maximum absolute atomic E-state index is 12.6. The van der Waals surface area contributed by atoms with Crippen molar-refractivity contribution >= 4 is 61.5 Å². The van der Waals surface area contributed by atoms with E-state index in [1.54, 1.807) is 12.1 Å². The first-order valence-corrected chi connectivity index (χ1v) is 13.0. The van der Waals surface area contributed by atoms with Crippen molar-refractivity contribution in [2.24, 2.45) is 9.39 Å². The largest absolute Gasteiger partial charge is 0.490 e. The average molecular weight is 519 g/mol. The Balaban J connectivity index is 1.68. The van der Waals surface area contributed by atoms with E-state index >= 15 is 0 Å². The number of hydrogen-bond donors (Lipinski definition) is 1. The second kappa shape index (κ2) is 9.61. The van der Waals surface area contributed by atoms with Gasteiger partial charge in [0.05, 0.1) is 29.2 Å². The molecule has 0 spiro atoms. The summed E-state index contributed by atoms with van der Waals surface area (Å²) in [5.74, 6) is -0.316. The maximum Gasteiger partial charge on any atom is 0.283 e. The Morgan fingerprint density at radius 1 is 1.21 bits per heavy atom. The SMILES string of the molecule is CCOc1cc(C=C2C(=N)N3C(=NC2=O)SN=C3S(C)(=O)=O)cc(Cl)c1OCc1ccccc1. The van der Waals surface area contributed by atoms with E-state index in [4.69, 9.17) is 26.5 Å². The maximum atomic E-state index is 12.6. The first kappa shape index (κ1) is 24.0. The zero-order valence-electron chi connectivity index (χ0n) is 18.1. The molecule has 0 aromatic heterocycles. The zero-order valence-corrected chi connectivity index (χ0v) is 20.5. The van der Waals surface area contributed by atoms with Gasteiger partial charge in [-0.1, -0.05) is 41.9 Å². The normalized spacial score (nSPS) is 16.9. The summed E-state index contributed by atoms with van der Waals surface area (Å²) < 4.78 is 39.6. The van der Waals surface area contributed by atoms with Crippen LogP contribution in [0.15, 0.2) is 57.4 Å². The number of benzene rings is 2. The van der Waals surface area contributed by atoms with Gasteiger partial charge >= 0.3 is 0 Å². The monoisotopic (exact) mass is 518 g/mol. The van der Waals surface area contributed by atoms with Crippen molar-refractivity contribution in [3.05, 3.63) is 64.2 Å². The van der Waals surface area contributed by atoms with Crippen molar-refractivity contribution in [1.82, 2.24) is 4.90 Å². The number of halogens is 1. The van der Waals surface area contributed by atoms with Crippen LogP contribution in [-0.4, -0.2) is 48.3 Å². The fourth-order valence-corrected chi connectivity index (χ4v) is 5.33. The fraction of sp³-hybridized carbons (Fsp3) is 0.182. The van der Waals surface area contributed by atoms with E-state index in [0.717, 1.165) is 28.7 Å². The number of carbonyl (C=O) groups is 1. The average Bonchev–Trinajstić information content (AvgIpc) is 3.21. The Bertz CT molecular complexity index is 1370. The van der Waals surface area contributed by atoms with Crippen molar-refractivity contribution in [3.8, 4) is 11.5 Å². The van der Waals surface area contributed by atoms with Crippen LogP contribution in [0.3, 0.4) is 0 Å². The number of amidine groups is 3. The van der Waals surface area contributed by atoms with Gasteiger partial charge in [-0.05, 0) is 36.3 Å². The molecule has 2 aliphatic heterocycles. The molecule has 1 N–H and O–H groups in total. The number of fused-ring (bicyclic) bond motifs is 1. The van der Waals surface area contributed by atoms with Crippen LogP contribution < -0.4 is 9.47 Å². The number of nitrogens with one attached hydrogen (secondary N) is 1. The van der Waals surface area contributed by atoms with Crippen LogP contribution in [0.1, 0.15) is 18.1 Å². The van der Waals surface area contributed by atoms with E-state index in [9.17, 15) is 13.2 Å². The van der Waals surface area contributed by atoms with Gasteiger partial charge in [-0.2, -0.15) is 9.39 Å². The Morgan fingerprint density at radius 3 is 2.62 bits per heavy atom. The van der Waals surface area contributed by atoms with Crippen LogP contribution >= 0.6 is 23.5 Å². The Kier molecular flexibility index (Phi) is 6.78. The van der Waals surface area contributed by atoms with E-state index in [2.05, 4.69) is 9.39 Å². The molecule has 0 saturated carbocycles. The molecule has 2 aliphatic rings. The molecular formula is C22H19ClN4O5S2. The molecule has 4 rings (SSSR count). The van der Waals surface area contributed by atoms with Gasteiger partial charge < -0.3 is 9.47 Å². The molecule has 9 nitrogen and oxygen atoms in total. The van der Waals surface area contributed by atoms with Crippen molar-refractivity contribution < 1.29 is 22.7 Å². The van der Waals surface area contributed by atoms with Gasteiger partial charge in [0.15, 0.2) is 11.5 Å². The summed E-state index contributed by atoms with van der Waals surface area (Å²) >= 11 is 7.22. The van der Waals surface area contributed by atoms with E-state index in [-0.39, 0.29) is 33.4 Å². The highest BCUT2D eigenvalue weighted by molar-refractivity contribution is 8.16. The number of rotatable bonds is 6. The van der Waals surface area contributed by atoms with Gasteiger partial charge in [-0.3, -0.25) is 10.2 Å². The summed E-state index contributed by atoms with van der Waals surface area (Å²) in [5, 5.41) is 8.39. The summed E-state index contributed by atoms with van der Waals surface area (Å²) in [6.45, 7) is 2.44. The number of carbonyl (C=O) groups excluding carboxylic acids is 1. The lowest BCUT2D eigenvalue weighted by Crippen LogP contribution is -2.45. The highest BCUT2D eigenvalue weighted by Crippen LogP contribution is 2.38. The van der Waals surface area contributed by atoms with Gasteiger partial charge in [0.2, 0.25) is 20.2 Å². The topological polar surface area (TPSA) is 121 Å². The molecule has 0 fully saturated rings. The van der Waals surface area contributed by atoms with E-state index in [0.29, 0.717) is 23.7 Å². The van der Waals surface area contributed by atoms with E-state index < -0.39 is 15.7 Å². The van der Waals surface area contributed by atoms with Crippen molar-refractivity contribution in [2.45, 2.75) is 13.5 Å². The second-order valence-electron chi connectivity index (χ2n) is 7.22. The summed E-state index contributed by atoms with van der Waals surface area (Å²) in [4.78, 5) is 17.5. The van der Waals surface area contributed by atoms with Gasteiger partial charge in [-0.25, -0.2) is 13.3 Å². The smallest absolute Gasteiger partial charge is 0.283 e. The van der Waals surface area contributed by atoms with Crippen LogP contribution in [0.2, 0.25) is 5.02 Å². The molecular weight excluding hydrogens is 500 g/mol. The van der Waals surface area contributed by atoms with Crippen LogP contribution in [-0.2, 0) is 21.2 Å². The summed E-state index contributed by atoms with van der Waals surface area (Å²) in [6.07, 6.45) is 2.38. The quantitative estimate of drug-likeness (QED) is 0.454. The number of sulfone groups is 1. The molecule has 0 unspecified atom stereocenters. The Hall–Kier alpha value is -3.15. The second-order valence-corrected chi connectivity index (χ2v) is 10.3. The molecule has 34 heavy (non-hydrogen) atoms. The van der Waals surface area contributed by atoms with Gasteiger partial charge in [0.25, 0.3) is 5.91 Å². The highest BCUT2D eigenvalue weighted by atomic mass is 35.5. The molecule has 0 bridgehead atoms. The molecule has 2 heterocycles. The summed E-state index contributed by atoms with van der Waals surface area (Å²) in [6, 6.07) is 12.8. The molecule has 0 aliphatic carbocycles. The molecule has 1 amide bonds. The third-order valence-corrected chi connectivity index (χ3v) is 6.73. The Morgan fingerprint density at radius 2 is 1.94 bits per heavy atom. The molecule has 0 atom stereocenters. The molecule has 0 saturated heterocycles. The van der Waals surface area contributed by atoms with Crippen molar-refractivity contribution in [1.29, 1.82) is 5.41 Å². The van der Waals surface area contributed by atoms with E-state index in [1.807, 2.05) is 37.3 Å². The predicted octanol–water partition coefficient (Wildman–Crippen LogP) is 3.94. The Labute approximate surface area is 205 Å². The number of aliphatic imine (C=N–C) groups is 1. The zero-order chi connectivity index (χ0) is 24.5. The molecule has 0 radical (unpaired) electrons. The minimum absolute atomic E-state index is 0.0188. The molecule has 2 aromatic rings. The van der Waals surface area contributed by atoms with Gasteiger partial charge in [0, 0.05) is 6.26 Å². The van der Waals surface area contributed by atoms with Crippen LogP contribution in [0.5, 0.6) is 11.5 Å². The first-order chi connectivity index (χ1) is 16.2. The lowest BCUT2D eigenvalue weighted by atomic mass is 10.1. The van der Waals surface area contributed by atoms with Crippen molar-refractivity contribution in [2.75, 3.05) is 12.9 Å². The third-order valence-electron chi connectivity index (χ3n) is 4.69. The number of nitrogens with zero attached hydrogens (tertiary/aromatic N) is 3. The minimum atomic E-state index is -3.74. The van der Waals surface area contributed by atoms with Gasteiger partial charge in [0.1, 0.15) is 12.4 Å². The van der Waals surface area contributed by atoms with E-state index in [1.165, 1.54) is 6.08 Å². The predicted molar refractivity (Wildman–Crippen MR) is 133 cm³/mol. The third kappa shape index (κ3) is 4.86. The molecule has 176 valence electrons. The standard InChI is InChI=1S/C22H19ClN4O5S2/c1-3-31-17-11-14(10-16(23)18(17)32-12-13-7-5-4-6-8-13)9-15-19(24)27-21(25-20(15)28)33-26-22(27)34(2,29)30/h4-11,24H,3,12H2,1-2H3. The summed E-state index contributed by atoms with van der Waals surface area (Å²) in [7, 11) is -3.74. The minimum Gasteiger partial charge on any atom is -0.490 e. The lowest BCUT2D eigenvalue weighted by molar-refractivity contribution is -0.114. The fourth-order valence-electron chi connectivity index (χ4n) is 3.21.